The highest BCUT2D eigenvalue weighted by molar-refractivity contribution is 5.82. The lowest BCUT2D eigenvalue weighted by Gasteiger charge is -2.23. The molecule has 2 N–H and O–H groups in total. The van der Waals surface area contributed by atoms with Crippen molar-refractivity contribution >= 4 is 5.97 Å². The maximum atomic E-state index is 10.8. The van der Waals surface area contributed by atoms with Crippen molar-refractivity contribution in [3.05, 3.63) is 12.2 Å². The molecule has 4 heteroatoms. The van der Waals surface area contributed by atoms with Gasteiger partial charge in [-0.3, -0.25) is 0 Å². The van der Waals surface area contributed by atoms with Gasteiger partial charge < -0.3 is 14.9 Å². The molecule has 0 radical (unpaired) electrons. The number of hydrogen-bond donors (Lipinski definition) is 2. The second kappa shape index (κ2) is 4.90. The quantitative estimate of drug-likeness (QED) is 0.459. The van der Waals surface area contributed by atoms with E-state index < -0.39 is 24.8 Å². The fourth-order valence-corrected chi connectivity index (χ4v) is 0.528. The molecule has 0 atom stereocenters. The van der Waals surface area contributed by atoms with Gasteiger partial charge in [0.15, 0.2) is 5.60 Å². The number of aliphatic hydroxyl groups excluding tert-OH is 2. The minimum atomic E-state index is -1.18. The zero-order valence-corrected chi connectivity index (χ0v) is 7.28. The van der Waals surface area contributed by atoms with Crippen LogP contribution in [0.5, 0.6) is 0 Å². The Hall–Kier alpha value is -0.870. The maximum Gasteiger partial charge on any atom is 0.331 e. The van der Waals surface area contributed by atoms with Crippen LogP contribution in [0, 0.1) is 0 Å². The second-order valence-electron chi connectivity index (χ2n) is 2.69. The SMILES string of the molecule is C/C=C\C(=O)OC(C)(CO)CO. The molecule has 0 fully saturated rings. The summed E-state index contributed by atoms with van der Waals surface area (Å²) in [4.78, 5) is 10.8. The van der Waals surface area contributed by atoms with Gasteiger partial charge in [-0.15, -0.1) is 0 Å². The van der Waals surface area contributed by atoms with Crippen molar-refractivity contribution < 1.29 is 19.7 Å². The molecule has 70 valence electrons. The smallest absolute Gasteiger partial charge is 0.331 e. The zero-order valence-electron chi connectivity index (χ0n) is 7.28. The summed E-state index contributed by atoms with van der Waals surface area (Å²) in [5, 5.41) is 17.5. The summed E-state index contributed by atoms with van der Waals surface area (Å²) >= 11 is 0. The van der Waals surface area contributed by atoms with Gasteiger partial charge in [-0.2, -0.15) is 0 Å². The molecular formula is C8H14O4. The van der Waals surface area contributed by atoms with E-state index >= 15 is 0 Å². The van der Waals surface area contributed by atoms with Crippen LogP contribution in [0.15, 0.2) is 12.2 Å². The predicted octanol–water partition coefficient (Wildman–Crippen LogP) is -0.151. The van der Waals surface area contributed by atoms with Gasteiger partial charge >= 0.3 is 5.97 Å². The standard InChI is InChI=1S/C8H14O4/c1-3-4-7(11)12-8(2,5-9)6-10/h3-4,9-10H,5-6H2,1-2H3/b4-3-. The van der Waals surface area contributed by atoms with Crippen LogP contribution in [0.25, 0.3) is 0 Å². The van der Waals surface area contributed by atoms with Crippen molar-refractivity contribution in [2.75, 3.05) is 13.2 Å². The summed E-state index contributed by atoms with van der Waals surface area (Å²) in [6.45, 7) is 2.34. The number of carbonyl (C=O) groups is 1. The van der Waals surface area contributed by atoms with Crippen molar-refractivity contribution in [3.63, 3.8) is 0 Å². The first-order chi connectivity index (χ1) is 5.58. The molecule has 0 spiro atoms. The number of rotatable bonds is 4. The third kappa shape index (κ3) is 3.50. The second-order valence-corrected chi connectivity index (χ2v) is 2.69. The summed E-state index contributed by atoms with van der Waals surface area (Å²) in [5.74, 6) is -0.567. The Balaban J connectivity index is 4.11. The molecule has 0 aliphatic heterocycles. The molecular weight excluding hydrogens is 160 g/mol. The van der Waals surface area contributed by atoms with Gasteiger partial charge in [0.1, 0.15) is 0 Å². The van der Waals surface area contributed by atoms with Gasteiger partial charge in [0.2, 0.25) is 0 Å². The van der Waals surface area contributed by atoms with E-state index in [-0.39, 0.29) is 0 Å². The zero-order chi connectivity index (χ0) is 9.61. The minimum absolute atomic E-state index is 0.396. The van der Waals surface area contributed by atoms with Crippen molar-refractivity contribution in [1.29, 1.82) is 0 Å². The van der Waals surface area contributed by atoms with E-state index in [9.17, 15) is 4.79 Å². The van der Waals surface area contributed by atoms with E-state index in [1.165, 1.54) is 19.1 Å². The molecule has 0 saturated carbocycles. The van der Waals surface area contributed by atoms with E-state index in [0.717, 1.165) is 0 Å². The number of ether oxygens (including phenoxy) is 1. The summed E-state index contributed by atoms with van der Waals surface area (Å²) in [6, 6.07) is 0. The molecule has 4 nitrogen and oxygen atoms in total. The van der Waals surface area contributed by atoms with Crippen LogP contribution < -0.4 is 0 Å². The van der Waals surface area contributed by atoms with E-state index in [4.69, 9.17) is 14.9 Å². The lowest BCUT2D eigenvalue weighted by atomic mass is 10.1. The van der Waals surface area contributed by atoms with Gasteiger partial charge in [-0.1, -0.05) is 6.08 Å². The topological polar surface area (TPSA) is 66.8 Å². The lowest BCUT2D eigenvalue weighted by molar-refractivity contribution is -0.160. The average Bonchev–Trinajstić information content (AvgIpc) is 2.05. The third-order valence-electron chi connectivity index (χ3n) is 1.32. The summed E-state index contributed by atoms with van der Waals surface area (Å²) in [7, 11) is 0. The van der Waals surface area contributed by atoms with E-state index in [1.54, 1.807) is 6.92 Å². The van der Waals surface area contributed by atoms with Gasteiger partial charge in [0, 0.05) is 6.08 Å². The van der Waals surface area contributed by atoms with Crippen LogP contribution in [-0.4, -0.2) is 35.0 Å². The summed E-state index contributed by atoms with van der Waals surface area (Å²) in [6.07, 6.45) is 2.75. The summed E-state index contributed by atoms with van der Waals surface area (Å²) in [5.41, 5.74) is -1.18. The number of allylic oxidation sites excluding steroid dienone is 1. The highest BCUT2D eigenvalue weighted by Gasteiger charge is 2.25. The minimum Gasteiger partial charge on any atom is -0.451 e. The Morgan fingerprint density at radius 1 is 1.50 bits per heavy atom. The van der Waals surface area contributed by atoms with Crippen molar-refractivity contribution in [3.8, 4) is 0 Å². The predicted molar refractivity (Wildman–Crippen MR) is 43.5 cm³/mol. The average molecular weight is 174 g/mol. The highest BCUT2D eigenvalue weighted by atomic mass is 16.6. The van der Waals surface area contributed by atoms with Gasteiger partial charge in [-0.25, -0.2) is 4.79 Å². The number of carbonyl (C=O) groups excluding carboxylic acids is 1. The fourth-order valence-electron chi connectivity index (χ4n) is 0.528. The highest BCUT2D eigenvalue weighted by Crippen LogP contribution is 2.08. The van der Waals surface area contributed by atoms with E-state index in [1.807, 2.05) is 0 Å². The molecule has 0 aliphatic carbocycles. The van der Waals surface area contributed by atoms with Crippen molar-refractivity contribution in [2.45, 2.75) is 19.4 Å². The molecule has 0 aromatic rings. The van der Waals surface area contributed by atoms with Crippen molar-refractivity contribution in [2.24, 2.45) is 0 Å². The van der Waals surface area contributed by atoms with E-state index in [2.05, 4.69) is 0 Å². The number of hydrogen-bond acceptors (Lipinski definition) is 4. The Kier molecular flexibility index (Phi) is 4.54. The number of esters is 1. The maximum absolute atomic E-state index is 10.8. The Bertz CT molecular complexity index is 170. The molecule has 0 aliphatic rings. The van der Waals surface area contributed by atoms with Crippen LogP contribution in [0.4, 0.5) is 0 Å². The molecule has 0 saturated heterocycles. The Morgan fingerprint density at radius 2 is 2.00 bits per heavy atom. The van der Waals surface area contributed by atoms with Crippen LogP contribution in [0.1, 0.15) is 13.8 Å². The first-order valence-corrected chi connectivity index (χ1v) is 3.65. The molecule has 0 aromatic heterocycles. The van der Waals surface area contributed by atoms with Gasteiger partial charge in [-0.05, 0) is 13.8 Å². The molecule has 0 amide bonds. The van der Waals surface area contributed by atoms with Crippen LogP contribution in [0.3, 0.4) is 0 Å². The fraction of sp³-hybridized carbons (Fsp3) is 0.625. The van der Waals surface area contributed by atoms with Crippen LogP contribution in [-0.2, 0) is 9.53 Å². The normalized spacial score (nSPS) is 12.0. The molecule has 0 unspecified atom stereocenters. The van der Waals surface area contributed by atoms with Gasteiger partial charge in [0.05, 0.1) is 13.2 Å². The number of aliphatic hydroxyl groups is 2. The molecule has 0 aromatic carbocycles. The lowest BCUT2D eigenvalue weighted by Crippen LogP contribution is -2.39. The van der Waals surface area contributed by atoms with Crippen LogP contribution >= 0.6 is 0 Å². The first-order valence-electron chi connectivity index (χ1n) is 3.65. The summed E-state index contributed by atoms with van der Waals surface area (Å²) < 4.78 is 4.75. The molecule has 0 bridgehead atoms. The largest absolute Gasteiger partial charge is 0.451 e. The molecule has 12 heavy (non-hydrogen) atoms. The van der Waals surface area contributed by atoms with Crippen molar-refractivity contribution in [1.82, 2.24) is 0 Å². The third-order valence-corrected chi connectivity index (χ3v) is 1.32. The molecule has 0 heterocycles. The first kappa shape index (κ1) is 11.1. The van der Waals surface area contributed by atoms with Gasteiger partial charge in [0.25, 0.3) is 0 Å². The Morgan fingerprint density at radius 3 is 2.33 bits per heavy atom. The molecule has 0 rings (SSSR count). The monoisotopic (exact) mass is 174 g/mol. The van der Waals surface area contributed by atoms with Crippen LogP contribution in [0.2, 0.25) is 0 Å². The van der Waals surface area contributed by atoms with E-state index in [0.29, 0.717) is 0 Å². The Labute approximate surface area is 71.5 Å².